The van der Waals surface area contributed by atoms with Crippen molar-refractivity contribution in [3.8, 4) is 0 Å². The molecule has 0 fully saturated rings. The van der Waals surface area contributed by atoms with Crippen LogP contribution in [-0.4, -0.2) is 27.3 Å². The number of fused-ring (bicyclic) bond motifs is 1. The molecule has 0 amide bonds. The molecule has 0 saturated carbocycles. The van der Waals surface area contributed by atoms with Gasteiger partial charge in [0.1, 0.15) is 6.04 Å². The van der Waals surface area contributed by atoms with E-state index in [4.69, 9.17) is 5.11 Å². The van der Waals surface area contributed by atoms with Gasteiger partial charge in [-0.05, 0) is 5.56 Å². The molecule has 0 radical (unpaired) electrons. The Morgan fingerprint density at radius 2 is 2.29 bits per heavy atom. The van der Waals surface area contributed by atoms with E-state index in [0.717, 1.165) is 11.3 Å². The van der Waals surface area contributed by atoms with Crippen LogP contribution in [0.4, 0.5) is 0 Å². The van der Waals surface area contributed by atoms with E-state index in [9.17, 15) is 4.79 Å². The number of hydrogen-bond acceptors (Lipinski definition) is 3. The van der Waals surface area contributed by atoms with Crippen LogP contribution in [0.3, 0.4) is 0 Å². The molecule has 0 spiro atoms. The van der Waals surface area contributed by atoms with Gasteiger partial charge in [-0.1, -0.05) is 0 Å². The third kappa shape index (κ3) is 2.37. The average molecular weight is 240 g/mol. The van der Waals surface area contributed by atoms with Gasteiger partial charge in [-0.25, -0.2) is 0 Å². The Labute approximate surface area is 93.1 Å². The highest BCUT2D eigenvalue weighted by molar-refractivity contribution is 5.85. The summed E-state index contributed by atoms with van der Waals surface area (Å²) in [5.41, 5.74) is 1.99. The van der Waals surface area contributed by atoms with Gasteiger partial charge in [0.05, 0.1) is 11.9 Å². The van der Waals surface area contributed by atoms with Crippen LogP contribution in [0.5, 0.6) is 0 Å². The Hall–Kier alpha value is -0.780. The molecule has 0 aromatic carbocycles. The molecule has 7 heteroatoms. The van der Waals surface area contributed by atoms with Gasteiger partial charge in [0.2, 0.25) is 0 Å². The predicted octanol–water partition coefficient (Wildman–Crippen LogP) is 0.352. The normalized spacial score (nSPS) is 18.7. The molecule has 0 bridgehead atoms. The molecule has 1 aromatic heterocycles. The minimum Gasteiger partial charge on any atom is -0.480 e. The first-order valence-electron chi connectivity index (χ1n) is 3.74. The first kappa shape index (κ1) is 13.2. The molecule has 1 atom stereocenters. The summed E-state index contributed by atoms with van der Waals surface area (Å²) in [6.45, 7) is 0.562. The topological polar surface area (TPSA) is 78.0 Å². The fourth-order valence-electron chi connectivity index (χ4n) is 1.36. The van der Waals surface area contributed by atoms with Gasteiger partial charge in [0.25, 0.3) is 0 Å². The molecular weight excluding hydrogens is 229 g/mol. The lowest BCUT2D eigenvalue weighted by Gasteiger charge is -2.19. The Kier molecular flexibility index (Phi) is 4.90. The molecule has 14 heavy (non-hydrogen) atoms. The van der Waals surface area contributed by atoms with Crippen molar-refractivity contribution in [2.24, 2.45) is 0 Å². The van der Waals surface area contributed by atoms with Crippen LogP contribution < -0.4 is 5.32 Å². The third-order valence-corrected chi connectivity index (χ3v) is 2.05. The SMILES string of the molecule is Cl.Cl.O=C(O)C1Cc2cn[nH]c2CN1. The third-order valence-electron chi connectivity index (χ3n) is 2.05. The molecule has 5 nitrogen and oxygen atoms in total. The number of H-pyrrole nitrogens is 1. The lowest BCUT2D eigenvalue weighted by molar-refractivity contribution is -0.139. The number of rotatable bonds is 1. The zero-order valence-corrected chi connectivity index (χ0v) is 8.82. The van der Waals surface area contributed by atoms with Gasteiger partial charge in [-0.15, -0.1) is 24.8 Å². The molecule has 1 unspecified atom stereocenters. The fourth-order valence-corrected chi connectivity index (χ4v) is 1.36. The van der Waals surface area contributed by atoms with Gasteiger partial charge < -0.3 is 5.11 Å². The van der Waals surface area contributed by atoms with E-state index < -0.39 is 12.0 Å². The lowest BCUT2D eigenvalue weighted by atomic mass is 10.0. The molecule has 1 aromatic rings. The van der Waals surface area contributed by atoms with Crippen molar-refractivity contribution < 1.29 is 9.90 Å². The van der Waals surface area contributed by atoms with Crippen molar-refractivity contribution in [2.45, 2.75) is 19.0 Å². The summed E-state index contributed by atoms with van der Waals surface area (Å²) < 4.78 is 0. The number of aliphatic carboxylic acids is 1. The molecule has 3 N–H and O–H groups in total. The van der Waals surface area contributed by atoms with Crippen LogP contribution in [0.2, 0.25) is 0 Å². The highest BCUT2D eigenvalue weighted by atomic mass is 35.5. The van der Waals surface area contributed by atoms with E-state index >= 15 is 0 Å². The van der Waals surface area contributed by atoms with Crippen LogP contribution >= 0.6 is 24.8 Å². The predicted molar refractivity (Wildman–Crippen MR) is 55.1 cm³/mol. The van der Waals surface area contributed by atoms with E-state index in [0.29, 0.717) is 13.0 Å². The second-order valence-corrected chi connectivity index (χ2v) is 2.85. The standard InChI is InChI=1S/C7H9N3O2.2ClH/c11-7(12)5-1-4-2-9-10-6(4)3-8-5;;/h2,5,8H,1,3H2,(H,9,10)(H,11,12);2*1H. The van der Waals surface area contributed by atoms with E-state index in [1.807, 2.05) is 0 Å². The first-order valence-corrected chi connectivity index (χ1v) is 3.74. The summed E-state index contributed by atoms with van der Waals surface area (Å²) >= 11 is 0. The maximum Gasteiger partial charge on any atom is 0.321 e. The van der Waals surface area contributed by atoms with Gasteiger partial charge in [-0.3, -0.25) is 15.2 Å². The van der Waals surface area contributed by atoms with Crippen molar-refractivity contribution in [1.29, 1.82) is 0 Å². The number of halogens is 2. The summed E-state index contributed by atoms with van der Waals surface area (Å²) in [5, 5.41) is 18.2. The number of nitrogens with one attached hydrogen (secondary N) is 2. The molecule has 1 aliphatic heterocycles. The maximum absolute atomic E-state index is 10.6. The van der Waals surface area contributed by atoms with Crippen molar-refractivity contribution in [3.05, 3.63) is 17.5 Å². The molecule has 0 aliphatic carbocycles. The molecule has 1 aliphatic rings. The summed E-state index contributed by atoms with van der Waals surface area (Å²) in [6, 6.07) is -0.463. The van der Waals surface area contributed by atoms with Crippen molar-refractivity contribution >= 4 is 30.8 Å². The first-order chi connectivity index (χ1) is 5.77. The van der Waals surface area contributed by atoms with Crippen molar-refractivity contribution in [1.82, 2.24) is 15.5 Å². The Morgan fingerprint density at radius 3 is 2.93 bits per heavy atom. The van der Waals surface area contributed by atoms with Crippen molar-refractivity contribution in [2.75, 3.05) is 0 Å². The van der Waals surface area contributed by atoms with Crippen LogP contribution in [-0.2, 0) is 17.8 Å². The number of hydrogen-bond donors (Lipinski definition) is 3. The molecule has 2 rings (SSSR count). The fraction of sp³-hybridized carbons (Fsp3) is 0.429. The summed E-state index contributed by atoms with van der Waals surface area (Å²) in [5.74, 6) is -0.804. The monoisotopic (exact) mass is 239 g/mol. The smallest absolute Gasteiger partial charge is 0.321 e. The summed E-state index contributed by atoms with van der Waals surface area (Å²) in [6.07, 6.45) is 2.20. The number of carboxylic acid groups (broad SMARTS) is 1. The van der Waals surface area contributed by atoms with Crippen molar-refractivity contribution in [3.63, 3.8) is 0 Å². The van der Waals surface area contributed by atoms with Crippen LogP contribution in [0.15, 0.2) is 6.20 Å². The summed E-state index contributed by atoms with van der Waals surface area (Å²) in [4.78, 5) is 10.6. The largest absolute Gasteiger partial charge is 0.480 e. The highest BCUT2D eigenvalue weighted by Gasteiger charge is 2.24. The zero-order chi connectivity index (χ0) is 8.55. The molecule has 2 heterocycles. The van der Waals surface area contributed by atoms with Crippen LogP contribution in [0, 0.1) is 0 Å². The van der Waals surface area contributed by atoms with Crippen LogP contribution in [0.25, 0.3) is 0 Å². The minimum absolute atomic E-state index is 0. The van der Waals surface area contributed by atoms with Crippen LogP contribution in [0.1, 0.15) is 11.3 Å². The Balaban J connectivity index is 0.000000845. The van der Waals surface area contributed by atoms with Gasteiger partial charge in [0, 0.05) is 13.0 Å². The van der Waals surface area contributed by atoms with Gasteiger partial charge >= 0.3 is 5.97 Å². The number of nitrogens with zero attached hydrogens (tertiary/aromatic N) is 1. The number of carbonyl (C=O) groups is 1. The zero-order valence-electron chi connectivity index (χ0n) is 7.19. The van der Waals surface area contributed by atoms with E-state index in [1.165, 1.54) is 0 Å². The molecule has 80 valence electrons. The van der Waals surface area contributed by atoms with E-state index in [2.05, 4.69) is 15.5 Å². The lowest BCUT2D eigenvalue weighted by Crippen LogP contribution is -2.41. The highest BCUT2D eigenvalue weighted by Crippen LogP contribution is 2.12. The Morgan fingerprint density at radius 1 is 1.57 bits per heavy atom. The average Bonchev–Trinajstić information content (AvgIpc) is 2.49. The number of aromatic nitrogens is 2. The summed E-state index contributed by atoms with van der Waals surface area (Å²) in [7, 11) is 0. The maximum atomic E-state index is 10.6. The Bertz CT molecular complexity index is 316. The number of aromatic amines is 1. The molecular formula is C7H11Cl2N3O2. The number of carboxylic acids is 1. The van der Waals surface area contributed by atoms with Gasteiger partial charge in [-0.2, -0.15) is 5.10 Å². The second kappa shape index (κ2) is 5.19. The second-order valence-electron chi connectivity index (χ2n) is 2.85. The minimum atomic E-state index is -0.804. The molecule has 0 saturated heterocycles. The quantitative estimate of drug-likeness (QED) is 0.662. The van der Waals surface area contributed by atoms with Gasteiger partial charge in [0.15, 0.2) is 0 Å². The van der Waals surface area contributed by atoms with E-state index in [1.54, 1.807) is 6.20 Å². The van der Waals surface area contributed by atoms with E-state index in [-0.39, 0.29) is 24.8 Å².